The molecule has 2 N–H and O–H groups in total. The number of rotatable bonds is 3. The molecule has 3 atom stereocenters. The minimum atomic E-state index is -0.206. The highest BCUT2D eigenvalue weighted by Crippen LogP contribution is 2.66. The lowest BCUT2D eigenvalue weighted by Gasteiger charge is -2.39. The Hall–Kier alpha value is -0.0800. The lowest BCUT2D eigenvalue weighted by Crippen LogP contribution is -2.43. The van der Waals surface area contributed by atoms with Crippen molar-refractivity contribution in [2.45, 2.75) is 65.5 Å². The summed E-state index contributed by atoms with van der Waals surface area (Å²) in [5.41, 5.74) is 6.60. The maximum atomic E-state index is 6.11. The van der Waals surface area contributed by atoms with Gasteiger partial charge >= 0.3 is 0 Å². The molecule has 0 unspecified atom stereocenters. The van der Waals surface area contributed by atoms with Crippen LogP contribution in [0.4, 0.5) is 0 Å². The van der Waals surface area contributed by atoms with Crippen molar-refractivity contribution in [3.05, 3.63) is 0 Å². The molecule has 0 aliphatic heterocycles. The smallest absolute Gasteiger partial charge is 0.0644 e. The molecule has 2 rings (SSSR count). The van der Waals surface area contributed by atoms with Gasteiger partial charge in [0.25, 0.3) is 0 Å². The van der Waals surface area contributed by atoms with E-state index in [1.54, 1.807) is 0 Å². The zero-order valence-corrected chi connectivity index (χ0v) is 11.5. The SMILES string of the molecule is CC(C)(N)CO[C@H]1C[C@@H]2CC[C@@]1(C)C2(C)C. The standard InChI is InChI=1S/C14H27NO/c1-12(2,15)9-16-11-8-10-6-7-14(11,5)13(10,3)4/h10-11H,6-9,15H2,1-5H3/t10-,11-,14+/m0/s1. The van der Waals surface area contributed by atoms with Crippen LogP contribution in [-0.4, -0.2) is 18.2 Å². The predicted molar refractivity (Wildman–Crippen MR) is 67.2 cm³/mol. The van der Waals surface area contributed by atoms with Crippen LogP contribution < -0.4 is 5.73 Å². The molecule has 0 aromatic carbocycles. The van der Waals surface area contributed by atoms with E-state index in [0.717, 1.165) is 5.92 Å². The molecule has 16 heavy (non-hydrogen) atoms. The maximum absolute atomic E-state index is 6.11. The number of hydrogen-bond acceptors (Lipinski definition) is 2. The van der Waals surface area contributed by atoms with Crippen LogP contribution in [0, 0.1) is 16.7 Å². The topological polar surface area (TPSA) is 35.2 Å². The van der Waals surface area contributed by atoms with Gasteiger partial charge in [0.2, 0.25) is 0 Å². The Labute approximate surface area is 99.9 Å². The summed E-state index contributed by atoms with van der Waals surface area (Å²) in [6, 6.07) is 0. The maximum Gasteiger partial charge on any atom is 0.0644 e. The van der Waals surface area contributed by atoms with Crippen LogP contribution >= 0.6 is 0 Å². The summed E-state index contributed by atoms with van der Waals surface area (Å²) in [5, 5.41) is 0. The van der Waals surface area contributed by atoms with Crippen molar-refractivity contribution in [1.82, 2.24) is 0 Å². The van der Waals surface area contributed by atoms with E-state index < -0.39 is 0 Å². The monoisotopic (exact) mass is 225 g/mol. The molecule has 2 aliphatic rings. The van der Waals surface area contributed by atoms with Crippen molar-refractivity contribution >= 4 is 0 Å². The highest BCUT2D eigenvalue weighted by Gasteiger charge is 2.61. The third-order valence-corrected chi connectivity index (χ3v) is 5.37. The molecular formula is C14H27NO. The minimum Gasteiger partial charge on any atom is -0.376 e. The summed E-state index contributed by atoms with van der Waals surface area (Å²) < 4.78 is 6.11. The third-order valence-electron chi connectivity index (χ3n) is 5.37. The van der Waals surface area contributed by atoms with Crippen molar-refractivity contribution < 1.29 is 4.74 Å². The fourth-order valence-corrected chi connectivity index (χ4v) is 3.70. The lowest BCUT2D eigenvalue weighted by atomic mass is 9.70. The molecule has 0 amide bonds. The zero-order chi connectivity index (χ0) is 12.2. The van der Waals surface area contributed by atoms with Gasteiger partial charge in [-0.25, -0.2) is 0 Å². The summed E-state index contributed by atoms with van der Waals surface area (Å²) in [4.78, 5) is 0. The fourth-order valence-electron chi connectivity index (χ4n) is 3.70. The van der Waals surface area contributed by atoms with E-state index in [9.17, 15) is 0 Å². The summed E-state index contributed by atoms with van der Waals surface area (Å²) in [6.07, 6.45) is 4.36. The predicted octanol–water partition coefficient (Wildman–Crippen LogP) is 2.96. The molecule has 2 nitrogen and oxygen atoms in total. The molecule has 2 saturated carbocycles. The highest BCUT2D eigenvalue weighted by atomic mass is 16.5. The van der Waals surface area contributed by atoms with E-state index in [2.05, 4.69) is 20.8 Å². The molecule has 2 fully saturated rings. The van der Waals surface area contributed by atoms with E-state index in [-0.39, 0.29) is 5.54 Å². The zero-order valence-electron chi connectivity index (χ0n) is 11.5. The van der Waals surface area contributed by atoms with Crippen molar-refractivity contribution in [2.24, 2.45) is 22.5 Å². The minimum absolute atomic E-state index is 0.206. The second kappa shape index (κ2) is 3.46. The van der Waals surface area contributed by atoms with Gasteiger partial charge in [-0.3, -0.25) is 0 Å². The van der Waals surface area contributed by atoms with Crippen LogP contribution in [0.1, 0.15) is 53.9 Å². The second-order valence-corrected chi connectivity index (χ2v) is 7.40. The average molecular weight is 225 g/mol. The van der Waals surface area contributed by atoms with Crippen LogP contribution in [0.15, 0.2) is 0 Å². The number of fused-ring (bicyclic) bond motifs is 2. The van der Waals surface area contributed by atoms with Crippen molar-refractivity contribution in [3.63, 3.8) is 0 Å². The first-order chi connectivity index (χ1) is 7.17. The molecule has 94 valence electrons. The highest BCUT2D eigenvalue weighted by molar-refractivity contribution is 5.11. The van der Waals surface area contributed by atoms with Crippen molar-refractivity contribution in [3.8, 4) is 0 Å². The van der Waals surface area contributed by atoms with Gasteiger partial charge in [-0.2, -0.15) is 0 Å². The molecule has 0 aromatic heterocycles. The fraction of sp³-hybridized carbons (Fsp3) is 1.00. The van der Waals surface area contributed by atoms with Crippen molar-refractivity contribution in [1.29, 1.82) is 0 Å². The van der Waals surface area contributed by atoms with Gasteiger partial charge in [-0.15, -0.1) is 0 Å². The van der Waals surface area contributed by atoms with Crippen LogP contribution in [0.5, 0.6) is 0 Å². The van der Waals surface area contributed by atoms with Gasteiger partial charge in [-0.05, 0) is 49.9 Å². The van der Waals surface area contributed by atoms with Gasteiger partial charge in [0.1, 0.15) is 0 Å². The molecule has 0 radical (unpaired) electrons. The second-order valence-electron chi connectivity index (χ2n) is 7.40. The Balaban J connectivity index is 2.05. The van der Waals surface area contributed by atoms with E-state index in [0.29, 0.717) is 23.5 Å². The Morgan fingerprint density at radius 2 is 1.94 bits per heavy atom. The molecule has 2 aliphatic carbocycles. The van der Waals surface area contributed by atoms with Crippen LogP contribution in [0.25, 0.3) is 0 Å². The molecule has 2 heteroatoms. The van der Waals surface area contributed by atoms with Crippen LogP contribution in [0.3, 0.4) is 0 Å². The van der Waals surface area contributed by atoms with E-state index >= 15 is 0 Å². The number of hydrogen-bond donors (Lipinski definition) is 1. The summed E-state index contributed by atoms with van der Waals surface area (Å²) >= 11 is 0. The molecule has 0 heterocycles. The van der Waals surface area contributed by atoms with E-state index in [4.69, 9.17) is 10.5 Å². The Morgan fingerprint density at radius 3 is 2.31 bits per heavy atom. The normalized spacial score (nSPS) is 41.6. The van der Waals surface area contributed by atoms with Gasteiger partial charge < -0.3 is 10.5 Å². The summed E-state index contributed by atoms with van der Waals surface area (Å²) in [6.45, 7) is 12.0. The van der Waals surface area contributed by atoms with Crippen LogP contribution in [0.2, 0.25) is 0 Å². The van der Waals surface area contributed by atoms with Crippen LogP contribution in [-0.2, 0) is 4.74 Å². The van der Waals surface area contributed by atoms with E-state index in [1.807, 2.05) is 13.8 Å². The van der Waals surface area contributed by atoms with Gasteiger partial charge in [0, 0.05) is 5.54 Å². The summed E-state index contributed by atoms with van der Waals surface area (Å²) in [5.74, 6) is 0.850. The summed E-state index contributed by atoms with van der Waals surface area (Å²) in [7, 11) is 0. The van der Waals surface area contributed by atoms with Gasteiger partial charge in [0.15, 0.2) is 0 Å². The molecule has 0 spiro atoms. The van der Waals surface area contributed by atoms with Crippen molar-refractivity contribution in [2.75, 3.05) is 6.61 Å². The van der Waals surface area contributed by atoms with E-state index in [1.165, 1.54) is 19.3 Å². The molecular weight excluding hydrogens is 198 g/mol. The first-order valence-electron chi connectivity index (χ1n) is 6.57. The number of ether oxygens (including phenoxy) is 1. The first-order valence-corrected chi connectivity index (χ1v) is 6.57. The van der Waals surface area contributed by atoms with Gasteiger partial charge in [0.05, 0.1) is 12.7 Å². The Morgan fingerprint density at radius 1 is 1.31 bits per heavy atom. The third kappa shape index (κ3) is 1.70. The molecule has 0 saturated heterocycles. The van der Waals surface area contributed by atoms with Gasteiger partial charge in [-0.1, -0.05) is 20.8 Å². The largest absolute Gasteiger partial charge is 0.376 e. The average Bonchev–Trinajstić information content (AvgIpc) is 2.45. The lowest BCUT2D eigenvalue weighted by molar-refractivity contribution is -0.0591. The first kappa shape index (κ1) is 12.4. The Kier molecular flexibility index (Phi) is 2.67. The number of nitrogens with two attached hydrogens (primary N) is 1. The Bertz CT molecular complexity index is 279. The molecule has 2 bridgehead atoms. The quantitative estimate of drug-likeness (QED) is 0.801. The molecule has 0 aromatic rings.